The van der Waals surface area contributed by atoms with E-state index in [1.54, 1.807) is 18.5 Å². The van der Waals surface area contributed by atoms with Crippen molar-refractivity contribution in [1.29, 1.82) is 0 Å². The van der Waals surface area contributed by atoms with Crippen LogP contribution in [-0.2, 0) is 18.3 Å². The number of rotatable bonds is 6. The number of carbonyl (C=O) groups is 2. The van der Waals surface area contributed by atoms with E-state index in [4.69, 9.17) is 5.73 Å². The standard InChI is InChI=1S/C21H23FN6O2/c1-4-11-5-6-12(19(23)29)7-15(11)28(3)17-9-16-18(24-10-27(16)2)20(25-17)26-21(30)13-8-14(13)22/h5-7,9-10,13-14H,4,8H2,1-3H3,(H2,23,29)(H,25,26,30)/t13-,14+/m0/s1. The molecule has 1 aliphatic rings. The van der Waals surface area contributed by atoms with Crippen LogP contribution in [-0.4, -0.2) is 39.6 Å². The summed E-state index contributed by atoms with van der Waals surface area (Å²) in [5.74, 6) is -0.716. The maximum absolute atomic E-state index is 13.3. The monoisotopic (exact) mass is 410 g/mol. The van der Waals surface area contributed by atoms with Crippen molar-refractivity contribution in [2.24, 2.45) is 18.7 Å². The number of nitrogens with one attached hydrogen (secondary N) is 1. The fourth-order valence-corrected chi connectivity index (χ4v) is 3.47. The van der Waals surface area contributed by atoms with Gasteiger partial charge in [0, 0.05) is 31.4 Å². The van der Waals surface area contributed by atoms with Crippen molar-refractivity contribution in [3.05, 3.63) is 41.7 Å². The highest BCUT2D eigenvalue weighted by atomic mass is 19.1. The number of benzene rings is 1. The molecule has 1 fully saturated rings. The molecule has 0 aliphatic heterocycles. The van der Waals surface area contributed by atoms with E-state index in [0.717, 1.165) is 23.2 Å². The molecule has 30 heavy (non-hydrogen) atoms. The van der Waals surface area contributed by atoms with Crippen LogP contribution in [0.1, 0.15) is 29.3 Å². The van der Waals surface area contributed by atoms with Crippen LogP contribution >= 0.6 is 0 Å². The van der Waals surface area contributed by atoms with E-state index < -0.39 is 23.9 Å². The van der Waals surface area contributed by atoms with E-state index >= 15 is 0 Å². The molecule has 1 aliphatic carbocycles. The Bertz CT molecular complexity index is 1160. The molecule has 2 atom stereocenters. The van der Waals surface area contributed by atoms with E-state index in [1.807, 2.05) is 42.6 Å². The number of anilines is 3. The van der Waals surface area contributed by atoms with Gasteiger partial charge < -0.3 is 20.5 Å². The van der Waals surface area contributed by atoms with Gasteiger partial charge in [0.2, 0.25) is 11.8 Å². The van der Waals surface area contributed by atoms with E-state index in [9.17, 15) is 14.0 Å². The second-order valence-electron chi connectivity index (χ2n) is 7.52. The van der Waals surface area contributed by atoms with Crippen molar-refractivity contribution >= 4 is 40.2 Å². The molecule has 8 nitrogen and oxygen atoms in total. The quantitative estimate of drug-likeness (QED) is 0.650. The minimum Gasteiger partial charge on any atom is -0.366 e. The van der Waals surface area contributed by atoms with Gasteiger partial charge in [-0.3, -0.25) is 9.59 Å². The number of hydrogen-bond acceptors (Lipinski definition) is 5. The predicted molar refractivity (Wildman–Crippen MR) is 113 cm³/mol. The molecule has 0 radical (unpaired) electrons. The number of alkyl halides is 1. The highest BCUT2D eigenvalue weighted by Gasteiger charge is 2.44. The molecular weight excluding hydrogens is 387 g/mol. The fraction of sp³-hybridized carbons (Fsp3) is 0.333. The molecular formula is C21H23FN6O2. The van der Waals surface area contributed by atoms with Gasteiger partial charge in [-0.25, -0.2) is 14.4 Å². The molecule has 1 aromatic carbocycles. The van der Waals surface area contributed by atoms with Gasteiger partial charge in [0.05, 0.1) is 17.8 Å². The molecule has 156 valence electrons. The number of imidazole rings is 1. The number of carbonyl (C=O) groups excluding carboxylic acids is 2. The van der Waals surface area contributed by atoms with Gasteiger partial charge in [0.15, 0.2) is 5.82 Å². The zero-order chi connectivity index (χ0) is 21.6. The fourth-order valence-electron chi connectivity index (χ4n) is 3.47. The molecule has 2 aromatic heterocycles. The summed E-state index contributed by atoms with van der Waals surface area (Å²) >= 11 is 0. The number of nitrogens with zero attached hydrogens (tertiary/aromatic N) is 4. The van der Waals surface area contributed by atoms with Gasteiger partial charge in [-0.15, -0.1) is 0 Å². The molecule has 9 heteroatoms. The Morgan fingerprint density at radius 3 is 2.73 bits per heavy atom. The summed E-state index contributed by atoms with van der Waals surface area (Å²) in [5.41, 5.74) is 8.94. The maximum Gasteiger partial charge on any atom is 0.248 e. The molecule has 0 spiro atoms. The van der Waals surface area contributed by atoms with Gasteiger partial charge in [-0.1, -0.05) is 13.0 Å². The van der Waals surface area contributed by atoms with Crippen molar-refractivity contribution in [3.8, 4) is 0 Å². The minimum absolute atomic E-state index is 0.233. The Morgan fingerprint density at radius 1 is 1.37 bits per heavy atom. The number of hydrogen-bond donors (Lipinski definition) is 2. The smallest absolute Gasteiger partial charge is 0.248 e. The SMILES string of the molecule is CCc1ccc(C(N)=O)cc1N(C)c1cc2c(ncn2C)c(NC(=O)[C@H]2C[C@H]2F)n1. The number of nitrogens with two attached hydrogens (primary N) is 1. The first-order valence-corrected chi connectivity index (χ1v) is 9.73. The lowest BCUT2D eigenvalue weighted by atomic mass is 10.1. The minimum atomic E-state index is -1.10. The van der Waals surface area contributed by atoms with E-state index in [-0.39, 0.29) is 12.2 Å². The summed E-state index contributed by atoms with van der Waals surface area (Å²) in [7, 11) is 3.67. The largest absolute Gasteiger partial charge is 0.366 e. The summed E-state index contributed by atoms with van der Waals surface area (Å²) in [4.78, 5) is 34.7. The lowest BCUT2D eigenvalue weighted by Gasteiger charge is -2.23. The van der Waals surface area contributed by atoms with Crippen molar-refractivity contribution in [2.45, 2.75) is 25.9 Å². The summed E-state index contributed by atoms with van der Waals surface area (Å²) in [6.07, 6.45) is 1.51. The van der Waals surface area contributed by atoms with Gasteiger partial charge in [-0.2, -0.15) is 0 Å². The molecule has 0 bridgehead atoms. The Labute approximate surface area is 172 Å². The molecule has 4 rings (SSSR count). The predicted octanol–water partition coefficient (Wildman–Crippen LogP) is 2.69. The van der Waals surface area contributed by atoms with Crippen LogP contribution < -0.4 is 16.0 Å². The lowest BCUT2D eigenvalue weighted by Crippen LogP contribution is -2.19. The van der Waals surface area contributed by atoms with E-state index in [1.165, 1.54) is 0 Å². The molecule has 3 N–H and O–H groups in total. The molecule has 2 amide bonds. The van der Waals surface area contributed by atoms with Gasteiger partial charge in [0.25, 0.3) is 0 Å². The Balaban J connectivity index is 1.79. The summed E-state index contributed by atoms with van der Waals surface area (Å²) in [6, 6.07) is 7.15. The molecule has 3 aromatic rings. The first-order chi connectivity index (χ1) is 14.3. The van der Waals surface area contributed by atoms with E-state index in [0.29, 0.717) is 16.9 Å². The lowest BCUT2D eigenvalue weighted by molar-refractivity contribution is -0.117. The third-order valence-electron chi connectivity index (χ3n) is 5.45. The second kappa shape index (κ2) is 7.40. The number of aromatic nitrogens is 3. The van der Waals surface area contributed by atoms with Crippen LogP contribution in [0.3, 0.4) is 0 Å². The van der Waals surface area contributed by atoms with Crippen molar-refractivity contribution < 1.29 is 14.0 Å². The zero-order valence-electron chi connectivity index (χ0n) is 17.0. The number of halogens is 1. The molecule has 0 saturated heterocycles. The van der Waals surface area contributed by atoms with Crippen molar-refractivity contribution in [3.63, 3.8) is 0 Å². The summed E-state index contributed by atoms with van der Waals surface area (Å²) in [6.45, 7) is 2.02. The van der Waals surface area contributed by atoms with Crippen molar-refractivity contribution in [1.82, 2.24) is 14.5 Å². The van der Waals surface area contributed by atoms with Crippen LogP contribution in [0.15, 0.2) is 30.6 Å². The maximum atomic E-state index is 13.3. The Hall–Kier alpha value is -3.49. The average Bonchev–Trinajstić information content (AvgIpc) is 3.36. The van der Waals surface area contributed by atoms with E-state index in [2.05, 4.69) is 15.3 Å². The number of amides is 2. The van der Waals surface area contributed by atoms with Crippen molar-refractivity contribution in [2.75, 3.05) is 17.3 Å². The molecule has 2 heterocycles. The summed E-state index contributed by atoms with van der Waals surface area (Å²) < 4.78 is 15.1. The third-order valence-corrected chi connectivity index (χ3v) is 5.45. The highest BCUT2D eigenvalue weighted by molar-refractivity contribution is 6.01. The van der Waals surface area contributed by atoms with Gasteiger partial charge in [-0.05, 0) is 30.5 Å². The number of aryl methyl sites for hydroxylation is 2. The van der Waals surface area contributed by atoms with Crippen LogP contribution in [0.4, 0.5) is 21.7 Å². The topological polar surface area (TPSA) is 106 Å². The summed E-state index contributed by atoms with van der Waals surface area (Å²) in [5, 5.41) is 2.73. The highest BCUT2D eigenvalue weighted by Crippen LogP contribution is 2.36. The Kier molecular flexibility index (Phi) is 4.89. The third kappa shape index (κ3) is 3.47. The van der Waals surface area contributed by atoms with Gasteiger partial charge >= 0.3 is 0 Å². The van der Waals surface area contributed by atoms with Crippen LogP contribution in [0.2, 0.25) is 0 Å². The zero-order valence-corrected chi connectivity index (χ0v) is 17.0. The van der Waals surface area contributed by atoms with Crippen LogP contribution in [0, 0.1) is 5.92 Å². The number of primary amides is 1. The normalized spacial score (nSPS) is 17.7. The first kappa shape index (κ1) is 19.8. The average molecular weight is 410 g/mol. The van der Waals surface area contributed by atoms with Gasteiger partial charge in [0.1, 0.15) is 17.5 Å². The van der Waals surface area contributed by atoms with Crippen LogP contribution in [0.5, 0.6) is 0 Å². The first-order valence-electron chi connectivity index (χ1n) is 9.73. The number of pyridine rings is 1. The Morgan fingerprint density at radius 2 is 2.10 bits per heavy atom. The molecule has 1 saturated carbocycles. The van der Waals surface area contributed by atoms with Crippen LogP contribution in [0.25, 0.3) is 11.0 Å². The molecule has 0 unspecified atom stereocenters. The number of fused-ring (bicyclic) bond motifs is 1. The second-order valence-corrected chi connectivity index (χ2v) is 7.52.